The van der Waals surface area contributed by atoms with E-state index in [0.717, 1.165) is 22.4 Å². The molecular weight excluding hydrogens is 470 g/mol. The predicted molar refractivity (Wildman–Crippen MR) is 145 cm³/mol. The van der Waals surface area contributed by atoms with E-state index in [1.165, 1.54) is 18.7 Å². The molecule has 0 aliphatic heterocycles. The van der Waals surface area contributed by atoms with Crippen molar-refractivity contribution in [1.82, 2.24) is 14.9 Å². The van der Waals surface area contributed by atoms with Gasteiger partial charge >= 0.3 is 0 Å². The van der Waals surface area contributed by atoms with Gasteiger partial charge in [0.05, 0.1) is 21.8 Å². The lowest BCUT2D eigenvalue weighted by molar-refractivity contribution is -0.118. The third-order valence-corrected chi connectivity index (χ3v) is 7.22. The van der Waals surface area contributed by atoms with Gasteiger partial charge in [-0.05, 0) is 68.1 Å². The van der Waals surface area contributed by atoms with Gasteiger partial charge in [-0.3, -0.25) is 19.0 Å². The summed E-state index contributed by atoms with van der Waals surface area (Å²) < 4.78 is 1.61. The highest BCUT2D eigenvalue weighted by molar-refractivity contribution is 8.00. The van der Waals surface area contributed by atoms with Gasteiger partial charge in [0.1, 0.15) is 0 Å². The van der Waals surface area contributed by atoms with Crippen molar-refractivity contribution in [2.24, 2.45) is 0 Å². The SMILES string of the molecule is CC(=O)NCCc1ccc(C(=O)C(C)Sc2nc3ccccc3c(=O)n2-c2ccc(C)c(C)c2)cc1. The minimum absolute atomic E-state index is 0.0394. The van der Waals surface area contributed by atoms with E-state index in [4.69, 9.17) is 4.98 Å². The van der Waals surface area contributed by atoms with E-state index in [-0.39, 0.29) is 17.2 Å². The highest BCUT2D eigenvalue weighted by Gasteiger charge is 2.21. The molecule has 1 unspecified atom stereocenters. The molecule has 1 N–H and O–H groups in total. The molecule has 4 aromatic rings. The summed E-state index contributed by atoms with van der Waals surface area (Å²) in [5.41, 5.74) is 5.03. The molecule has 1 atom stereocenters. The second-order valence-corrected chi connectivity index (χ2v) is 10.2. The molecule has 0 saturated heterocycles. The standard InChI is InChI=1S/C29H29N3O3S/c1-18-9-14-24(17-19(18)2)32-28(35)25-7-5-6-8-26(25)31-29(32)36-20(3)27(34)23-12-10-22(11-13-23)15-16-30-21(4)33/h5-14,17,20H,15-16H2,1-4H3,(H,30,33). The van der Waals surface area contributed by atoms with Crippen LogP contribution in [0, 0.1) is 13.8 Å². The number of carbonyl (C=O) groups is 2. The minimum atomic E-state index is -0.457. The van der Waals surface area contributed by atoms with Gasteiger partial charge < -0.3 is 5.32 Å². The van der Waals surface area contributed by atoms with Crippen LogP contribution in [0.2, 0.25) is 0 Å². The number of Topliss-reactive ketones (excluding diaryl/α,β-unsaturated/α-hetero) is 1. The molecule has 1 heterocycles. The predicted octanol–water partition coefficient (Wildman–Crippen LogP) is 5.04. The lowest BCUT2D eigenvalue weighted by Gasteiger charge is -2.17. The van der Waals surface area contributed by atoms with Gasteiger partial charge in [-0.2, -0.15) is 0 Å². The zero-order chi connectivity index (χ0) is 25.8. The zero-order valence-electron chi connectivity index (χ0n) is 20.9. The Morgan fingerprint density at radius 3 is 2.42 bits per heavy atom. The summed E-state index contributed by atoms with van der Waals surface area (Å²) in [4.78, 5) is 42.6. The maximum atomic E-state index is 13.5. The van der Waals surface area contributed by atoms with Crippen LogP contribution in [0.15, 0.2) is 76.7 Å². The molecule has 0 bridgehead atoms. The summed E-state index contributed by atoms with van der Waals surface area (Å²) in [6, 6.07) is 20.6. The monoisotopic (exact) mass is 499 g/mol. The van der Waals surface area contributed by atoms with Crippen LogP contribution < -0.4 is 10.9 Å². The zero-order valence-corrected chi connectivity index (χ0v) is 21.7. The molecule has 0 fully saturated rings. The summed E-state index contributed by atoms with van der Waals surface area (Å²) in [6.07, 6.45) is 0.696. The van der Waals surface area contributed by atoms with Crippen LogP contribution in [0.3, 0.4) is 0 Å². The van der Waals surface area contributed by atoms with Crippen LogP contribution >= 0.6 is 11.8 Å². The van der Waals surface area contributed by atoms with Crippen molar-refractivity contribution in [2.45, 2.75) is 44.5 Å². The number of aryl methyl sites for hydroxylation is 2. The van der Waals surface area contributed by atoms with Crippen LogP contribution in [-0.4, -0.2) is 33.0 Å². The van der Waals surface area contributed by atoms with Gasteiger partial charge in [-0.1, -0.05) is 54.2 Å². The highest BCUT2D eigenvalue weighted by atomic mass is 32.2. The second-order valence-electron chi connectivity index (χ2n) is 8.87. The van der Waals surface area contributed by atoms with E-state index in [1.807, 2.05) is 81.4 Å². The Morgan fingerprint density at radius 1 is 1.00 bits per heavy atom. The Labute approximate surface area is 214 Å². The number of ketones is 1. The molecule has 0 saturated carbocycles. The number of benzene rings is 3. The average Bonchev–Trinajstić information content (AvgIpc) is 2.86. The molecule has 7 heteroatoms. The number of carbonyl (C=O) groups excluding carboxylic acids is 2. The molecule has 3 aromatic carbocycles. The van der Waals surface area contributed by atoms with E-state index < -0.39 is 5.25 Å². The third kappa shape index (κ3) is 5.57. The van der Waals surface area contributed by atoms with Gasteiger partial charge in [0.25, 0.3) is 5.56 Å². The number of para-hydroxylation sites is 1. The molecule has 1 aromatic heterocycles. The largest absolute Gasteiger partial charge is 0.356 e. The van der Waals surface area contributed by atoms with Crippen LogP contribution in [0.4, 0.5) is 0 Å². The number of amides is 1. The van der Waals surface area contributed by atoms with Crippen LogP contribution in [0.1, 0.15) is 40.9 Å². The first-order valence-electron chi connectivity index (χ1n) is 11.9. The number of hydrogen-bond donors (Lipinski definition) is 1. The van der Waals surface area contributed by atoms with Crippen molar-refractivity contribution in [2.75, 3.05) is 6.54 Å². The van der Waals surface area contributed by atoms with Crippen molar-refractivity contribution < 1.29 is 9.59 Å². The summed E-state index contributed by atoms with van der Waals surface area (Å²) in [7, 11) is 0. The lowest BCUT2D eigenvalue weighted by Crippen LogP contribution is -2.24. The van der Waals surface area contributed by atoms with Gasteiger partial charge in [-0.15, -0.1) is 0 Å². The maximum absolute atomic E-state index is 13.5. The van der Waals surface area contributed by atoms with Crippen LogP contribution in [0.5, 0.6) is 0 Å². The van der Waals surface area contributed by atoms with Crippen molar-refractivity contribution in [1.29, 1.82) is 0 Å². The molecule has 0 radical (unpaired) electrons. The molecule has 184 valence electrons. The molecule has 4 rings (SSSR count). The molecule has 1 amide bonds. The number of nitrogens with zero attached hydrogens (tertiary/aromatic N) is 2. The first-order valence-corrected chi connectivity index (χ1v) is 12.8. The van der Waals surface area contributed by atoms with Gasteiger partial charge in [-0.25, -0.2) is 4.98 Å². The molecule has 6 nitrogen and oxygen atoms in total. The van der Waals surface area contributed by atoms with E-state index in [1.54, 1.807) is 10.6 Å². The van der Waals surface area contributed by atoms with Gasteiger partial charge in [0.15, 0.2) is 10.9 Å². The van der Waals surface area contributed by atoms with E-state index in [0.29, 0.717) is 34.6 Å². The second kappa shape index (κ2) is 10.9. The van der Waals surface area contributed by atoms with E-state index in [9.17, 15) is 14.4 Å². The van der Waals surface area contributed by atoms with Gasteiger partial charge in [0, 0.05) is 19.0 Å². The number of nitrogens with one attached hydrogen (secondary N) is 1. The van der Waals surface area contributed by atoms with Gasteiger partial charge in [0.2, 0.25) is 5.91 Å². The number of hydrogen-bond acceptors (Lipinski definition) is 5. The van der Waals surface area contributed by atoms with E-state index in [2.05, 4.69) is 5.32 Å². The molecule has 0 aliphatic carbocycles. The maximum Gasteiger partial charge on any atom is 0.266 e. The van der Waals surface area contributed by atoms with Crippen molar-refractivity contribution in [3.8, 4) is 5.69 Å². The Bertz CT molecular complexity index is 1490. The quantitative estimate of drug-likeness (QED) is 0.209. The topological polar surface area (TPSA) is 81.1 Å². The Hall–Kier alpha value is -3.71. The Kier molecular flexibility index (Phi) is 7.70. The summed E-state index contributed by atoms with van der Waals surface area (Å²) >= 11 is 1.28. The first-order chi connectivity index (χ1) is 17.2. The number of rotatable bonds is 8. The first kappa shape index (κ1) is 25.4. The third-order valence-electron chi connectivity index (χ3n) is 6.17. The summed E-state index contributed by atoms with van der Waals surface area (Å²) in [5.74, 6) is -0.100. The van der Waals surface area contributed by atoms with Crippen LogP contribution in [-0.2, 0) is 11.2 Å². The lowest BCUT2D eigenvalue weighted by atomic mass is 10.0. The number of thioether (sulfide) groups is 1. The minimum Gasteiger partial charge on any atom is -0.356 e. The fourth-order valence-electron chi connectivity index (χ4n) is 3.95. The van der Waals surface area contributed by atoms with Crippen LogP contribution in [0.25, 0.3) is 16.6 Å². The molecular formula is C29H29N3O3S. The normalized spacial score (nSPS) is 11.9. The average molecular weight is 500 g/mol. The molecule has 0 aliphatic rings. The Morgan fingerprint density at radius 2 is 1.72 bits per heavy atom. The van der Waals surface area contributed by atoms with Crippen molar-refractivity contribution in [3.63, 3.8) is 0 Å². The summed E-state index contributed by atoms with van der Waals surface area (Å²) in [5, 5.41) is 3.34. The highest BCUT2D eigenvalue weighted by Crippen LogP contribution is 2.28. The molecule has 36 heavy (non-hydrogen) atoms. The van der Waals surface area contributed by atoms with E-state index >= 15 is 0 Å². The van der Waals surface area contributed by atoms with Crippen molar-refractivity contribution >= 4 is 34.4 Å². The smallest absolute Gasteiger partial charge is 0.266 e. The number of aromatic nitrogens is 2. The summed E-state index contributed by atoms with van der Waals surface area (Å²) in [6.45, 7) is 7.92. The number of fused-ring (bicyclic) bond motifs is 1. The molecule has 0 spiro atoms. The Balaban J connectivity index is 1.64. The fraction of sp³-hybridized carbons (Fsp3) is 0.241. The van der Waals surface area contributed by atoms with Crippen molar-refractivity contribution in [3.05, 3.63) is 99.3 Å². The fourth-order valence-corrected chi connectivity index (χ4v) is 4.95.